The molecule has 3 heterocycles. The number of benzene rings is 2. The van der Waals surface area contributed by atoms with E-state index in [-0.39, 0.29) is 5.91 Å². The number of azo groups is 1. The van der Waals surface area contributed by atoms with Crippen molar-refractivity contribution in [2.24, 2.45) is 10.2 Å². The fraction of sp³-hybridized carbons (Fsp3) is 0.261. The fourth-order valence-electron chi connectivity index (χ4n) is 4.86. The first kappa shape index (κ1) is 19.5. The summed E-state index contributed by atoms with van der Waals surface area (Å²) in [4.78, 5) is 15.3. The highest BCUT2D eigenvalue weighted by Gasteiger charge is 2.54. The molecule has 0 saturated carbocycles. The van der Waals surface area contributed by atoms with Crippen molar-refractivity contribution in [2.45, 2.75) is 31.1 Å². The smallest absolute Gasteiger partial charge is 0.360 e. The maximum absolute atomic E-state index is 13.7. The average Bonchev–Trinajstić information content (AvgIpc) is 3.37. The quantitative estimate of drug-likeness (QED) is 0.759. The van der Waals surface area contributed by atoms with Crippen molar-refractivity contribution in [3.63, 3.8) is 0 Å². The average molecular weight is 424 g/mol. The lowest BCUT2D eigenvalue weighted by Crippen LogP contribution is -2.47. The minimum atomic E-state index is -4.48. The Kier molecular flexibility index (Phi) is 4.28. The number of nitrogens with zero attached hydrogens (tertiary/aromatic N) is 3. The van der Waals surface area contributed by atoms with E-state index in [9.17, 15) is 18.0 Å². The molecule has 2 aromatic carbocycles. The molecule has 2 atom stereocenters. The van der Waals surface area contributed by atoms with E-state index in [1.54, 1.807) is 17.2 Å². The van der Waals surface area contributed by atoms with Gasteiger partial charge in [-0.05, 0) is 30.2 Å². The molecule has 3 aliphatic heterocycles. The molecule has 0 spiro atoms. The zero-order valence-corrected chi connectivity index (χ0v) is 16.6. The number of carbonyl (C=O) groups is 1. The van der Waals surface area contributed by atoms with E-state index in [1.165, 1.54) is 6.07 Å². The Morgan fingerprint density at radius 1 is 1.16 bits per heavy atom. The van der Waals surface area contributed by atoms with Crippen molar-refractivity contribution in [3.05, 3.63) is 88.8 Å². The molecular formula is C23H19F3N4O. The van der Waals surface area contributed by atoms with Gasteiger partial charge in [0.2, 0.25) is 0 Å². The summed E-state index contributed by atoms with van der Waals surface area (Å²) >= 11 is 0. The lowest BCUT2D eigenvalue weighted by Gasteiger charge is -2.41. The molecule has 0 fully saturated rings. The van der Waals surface area contributed by atoms with Crippen LogP contribution >= 0.6 is 0 Å². The van der Waals surface area contributed by atoms with Gasteiger partial charge in [0, 0.05) is 17.0 Å². The van der Waals surface area contributed by atoms with Gasteiger partial charge in [-0.2, -0.15) is 23.4 Å². The number of fused-ring (bicyclic) bond motifs is 1. The van der Waals surface area contributed by atoms with Gasteiger partial charge in [-0.25, -0.2) is 0 Å². The molecule has 31 heavy (non-hydrogen) atoms. The zero-order valence-electron chi connectivity index (χ0n) is 16.6. The summed E-state index contributed by atoms with van der Waals surface area (Å²) in [6, 6.07) is 14.5. The standard InChI is InChI=1S/C23H19F3N4O/c1-2-22(14-7-6-8-15(11-14)23(24,25)26)17-12-27-29-20(17)28-18-13-30(21(31)19(18)22)16-9-4-3-5-10-16/h3-12,20,28H,2,13H2,1H3/t20?,22-/m1/s1. The fourth-order valence-corrected chi connectivity index (χ4v) is 4.86. The Morgan fingerprint density at radius 2 is 1.94 bits per heavy atom. The summed E-state index contributed by atoms with van der Waals surface area (Å²) in [6.07, 6.45) is -3.01. The molecule has 2 aromatic rings. The number of para-hydroxylation sites is 1. The Morgan fingerprint density at radius 3 is 2.65 bits per heavy atom. The minimum Gasteiger partial charge on any atom is -0.360 e. The van der Waals surface area contributed by atoms with E-state index < -0.39 is 23.3 Å². The normalized spacial score (nSPS) is 24.8. The van der Waals surface area contributed by atoms with Gasteiger partial charge in [-0.15, -0.1) is 0 Å². The number of carbonyl (C=O) groups excluding carboxylic acids is 1. The van der Waals surface area contributed by atoms with E-state index in [1.807, 2.05) is 37.3 Å². The SMILES string of the molecule is CC[C@@]1(c2cccc(C(F)(F)F)c2)C2=CN=NC2NC2=C1C(=O)N(c1ccccc1)C2. The molecule has 0 aromatic heterocycles. The number of hydrogen-bond donors (Lipinski definition) is 1. The summed E-state index contributed by atoms with van der Waals surface area (Å²) in [6.45, 7) is 2.18. The van der Waals surface area contributed by atoms with Crippen molar-refractivity contribution in [2.75, 3.05) is 11.4 Å². The van der Waals surface area contributed by atoms with E-state index >= 15 is 0 Å². The number of nitrogens with one attached hydrogen (secondary N) is 1. The second kappa shape index (κ2) is 6.80. The van der Waals surface area contributed by atoms with Gasteiger partial charge in [0.25, 0.3) is 5.91 Å². The second-order valence-corrected chi connectivity index (χ2v) is 7.78. The van der Waals surface area contributed by atoms with Crippen LogP contribution in [0.1, 0.15) is 24.5 Å². The highest BCUT2D eigenvalue weighted by molar-refractivity contribution is 6.12. The second-order valence-electron chi connectivity index (χ2n) is 7.78. The van der Waals surface area contributed by atoms with E-state index in [4.69, 9.17) is 0 Å². The van der Waals surface area contributed by atoms with Gasteiger partial charge in [0.15, 0.2) is 6.17 Å². The molecular weight excluding hydrogens is 405 g/mol. The molecule has 5 rings (SSSR count). The lowest BCUT2D eigenvalue weighted by molar-refractivity contribution is -0.137. The van der Waals surface area contributed by atoms with Crippen molar-refractivity contribution in [1.29, 1.82) is 0 Å². The third kappa shape index (κ3) is 2.81. The third-order valence-corrected chi connectivity index (χ3v) is 6.26. The molecule has 5 nitrogen and oxygen atoms in total. The van der Waals surface area contributed by atoms with Gasteiger partial charge >= 0.3 is 6.18 Å². The minimum absolute atomic E-state index is 0.223. The Bertz CT molecular complexity index is 1150. The number of rotatable bonds is 3. The van der Waals surface area contributed by atoms with E-state index in [0.29, 0.717) is 35.4 Å². The summed E-state index contributed by atoms with van der Waals surface area (Å²) in [5.41, 5.74) is 1.20. The first-order chi connectivity index (χ1) is 14.9. The van der Waals surface area contributed by atoms with Gasteiger partial charge < -0.3 is 10.2 Å². The molecule has 3 aliphatic rings. The lowest BCUT2D eigenvalue weighted by atomic mass is 9.64. The molecule has 1 unspecified atom stereocenters. The van der Waals surface area contributed by atoms with Crippen LogP contribution in [0.3, 0.4) is 0 Å². The largest absolute Gasteiger partial charge is 0.416 e. The molecule has 0 bridgehead atoms. The highest BCUT2D eigenvalue weighted by Crippen LogP contribution is 2.52. The molecule has 8 heteroatoms. The van der Waals surface area contributed by atoms with Crippen LogP contribution < -0.4 is 10.2 Å². The van der Waals surface area contributed by atoms with E-state index in [2.05, 4.69) is 15.5 Å². The number of anilines is 1. The molecule has 0 radical (unpaired) electrons. The predicted molar refractivity (Wildman–Crippen MR) is 109 cm³/mol. The predicted octanol–water partition coefficient (Wildman–Crippen LogP) is 4.93. The number of hydrogen-bond acceptors (Lipinski definition) is 4. The Balaban J connectivity index is 1.70. The van der Waals surface area contributed by atoms with Crippen molar-refractivity contribution >= 4 is 11.6 Å². The molecule has 0 saturated heterocycles. The third-order valence-electron chi connectivity index (χ3n) is 6.26. The van der Waals surface area contributed by atoms with Crippen LogP contribution in [0, 0.1) is 0 Å². The number of amides is 1. The Labute approximate surface area is 177 Å². The highest BCUT2D eigenvalue weighted by atomic mass is 19.4. The number of alkyl halides is 3. The zero-order chi connectivity index (χ0) is 21.8. The van der Waals surface area contributed by atoms with E-state index in [0.717, 1.165) is 17.8 Å². The topological polar surface area (TPSA) is 57.1 Å². The van der Waals surface area contributed by atoms with Crippen LogP contribution in [0.15, 0.2) is 87.9 Å². The Hall–Kier alpha value is -3.42. The van der Waals surface area contributed by atoms with Crippen LogP contribution in [0.2, 0.25) is 0 Å². The summed E-state index contributed by atoms with van der Waals surface area (Å²) < 4.78 is 40.5. The molecule has 158 valence electrons. The van der Waals surface area contributed by atoms with Crippen molar-refractivity contribution < 1.29 is 18.0 Å². The van der Waals surface area contributed by atoms with Gasteiger partial charge in [-0.1, -0.05) is 43.3 Å². The molecule has 1 N–H and O–H groups in total. The molecule has 0 aliphatic carbocycles. The number of halogens is 3. The van der Waals surface area contributed by atoms with Crippen molar-refractivity contribution in [1.82, 2.24) is 5.32 Å². The molecule has 1 amide bonds. The van der Waals surface area contributed by atoms with Crippen LogP contribution in [-0.2, 0) is 16.4 Å². The van der Waals surface area contributed by atoms with Crippen molar-refractivity contribution in [3.8, 4) is 0 Å². The maximum atomic E-state index is 13.7. The van der Waals surface area contributed by atoms with Crippen LogP contribution in [-0.4, -0.2) is 18.6 Å². The van der Waals surface area contributed by atoms with Gasteiger partial charge in [0.05, 0.1) is 29.3 Å². The maximum Gasteiger partial charge on any atom is 0.416 e. The van der Waals surface area contributed by atoms with Crippen LogP contribution in [0.25, 0.3) is 0 Å². The summed E-state index contributed by atoms with van der Waals surface area (Å²) in [5.74, 6) is -0.223. The van der Waals surface area contributed by atoms with Crippen LogP contribution in [0.4, 0.5) is 18.9 Å². The van der Waals surface area contributed by atoms with Gasteiger partial charge in [0.1, 0.15) is 0 Å². The summed E-state index contributed by atoms with van der Waals surface area (Å²) in [7, 11) is 0. The summed E-state index contributed by atoms with van der Waals surface area (Å²) in [5, 5.41) is 11.5. The van der Waals surface area contributed by atoms with Crippen LogP contribution in [0.5, 0.6) is 0 Å². The first-order valence-corrected chi connectivity index (χ1v) is 10.0. The monoisotopic (exact) mass is 424 g/mol. The first-order valence-electron chi connectivity index (χ1n) is 10.0. The van der Waals surface area contributed by atoms with Gasteiger partial charge in [-0.3, -0.25) is 4.79 Å².